The maximum absolute atomic E-state index is 8.78. The Morgan fingerprint density at radius 2 is 2.35 bits per heavy atom. The van der Waals surface area contributed by atoms with Gasteiger partial charge in [0.2, 0.25) is 0 Å². The summed E-state index contributed by atoms with van der Waals surface area (Å²) >= 11 is 6.17. The fraction of sp³-hybridized carbons (Fsp3) is 0.462. The van der Waals surface area contributed by atoms with Crippen LogP contribution in [-0.2, 0) is 6.54 Å². The van der Waals surface area contributed by atoms with Crippen molar-refractivity contribution in [1.29, 1.82) is 5.26 Å². The summed E-state index contributed by atoms with van der Waals surface area (Å²) in [5.74, 6) is 0. The van der Waals surface area contributed by atoms with E-state index in [9.17, 15) is 0 Å². The van der Waals surface area contributed by atoms with E-state index in [-0.39, 0.29) is 0 Å². The molecule has 0 aliphatic carbocycles. The Labute approximate surface area is 107 Å². The van der Waals surface area contributed by atoms with Crippen molar-refractivity contribution in [1.82, 2.24) is 4.90 Å². The van der Waals surface area contributed by atoms with E-state index in [1.54, 1.807) is 6.07 Å². The SMILES string of the molecule is N#Cc1ccc(CN2CCCC2CN)c(Cl)c1. The van der Waals surface area contributed by atoms with Crippen molar-refractivity contribution in [2.24, 2.45) is 5.73 Å². The molecule has 1 heterocycles. The summed E-state index contributed by atoms with van der Waals surface area (Å²) in [5, 5.41) is 9.45. The number of likely N-dealkylation sites (tertiary alicyclic amines) is 1. The zero-order valence-corrected chi connectivity index (χ0v) is 10.5. The molecule has 0 amide bonds. The van der Waals surface area contributed by atoms with Gasteiger partial charge in [-0.15, -0.1) is 0 Å². The van der Waals surface area contributed by atoms with Gasteiger partial charge >= 0.3 is 0 Å². The van der Waals surface area contributed by atoms with Crippen molar-refractivity contribution in [2.45, 2.75) is 25.4 Å². The Bertz CT molecular complexity index is 439. The van der Waals surface area contributed by atoms with Crippen LogP contribution in [0.1, 0.15) is 24.0 Å². The lowest BCUT2D eigenvalue weighted by Crippen LogP contribution is -2.34. The molecule has 4 heteroatoms. The largest absolute Gasteiger partial charge is 0.329 e. The maximum Gasteiger partial charge on any atom is 0.0992 e. The highest BCUT2D eigenvalue weighted by Crippen LogP contribution is 2.24. The highest BCUT2D eigenvalue weighted by atomic mass is 35.5. The normalized spacial score (nSPS) is 20.4. The first-order valence-electron chi connectivity index (χ1n) is 5.87. The Kier molecular flexibility index (Phi) is 4.01. The van der Waals surface area contributed by atoms with Crippen LogP contribution in [0.4, 0.5) is 0 Å². The van der Waals surface area contributed by atoms with Gasteiger partial charge in [0.15, 0.2) is 0 Å². The standard InChI is InChI=1S/C13H16ClN3/c14-13-6-10(7-15)3-4-11(13)9-17-5-1-2-12(17)8-16/h3-4,6,12H,1-2,5,8-9,16H2. The first kappa shape index (κ1) is 12.4. The maximum atomic E-state index is 8.78. The van der Waals surface area contributed by atoms with Gasteiger partial charge in [0, 0.05) is 24.2 Å². The summed E-state index contributed by atoms with van der Waals surface area (Å²) in [7, 11) is 0. The van der Waals surface area contributed by atoms with Crippen LogP contribution in [0.5, 0.6) is 0 Å². The van der Waals surface area contributed by atoms with E-state index in [1.807, 2.05) is 12.1 Å². The molecule has 2 N–H and O–H groups in total. The summed E-state index contributed by atoms with van der Waals surface area (Å²) in [6, 6.07) is 8.04. The number of benzene rings is 1. The van der Waals surface area contributed by atoms with Crippen LogP contribution >= 0.6 is 11.6 Å². The van der Waals surface area contributed by atoms with Crippen molar-refractivity contribution >= 4 is 11.6 Å². The minimum Gasteiger partial charge on any atom is -0.329 e. The molecule has 1 aliphatic heterocycles. The zero-order chi connectivity index (χ0) is 12.3. The average molecular weight is 250 g/mol. The van der Waals surface area contributed by atoms with E-state index in [0.717, 1.165) is 18.7 Å². The summed E-state index contributed by atoms with van der Waals surface area (Å²) in [6.45, 7) is 2.61. The van der Waals surface area contributed by atoms with E-state index in [2.05, 4.69) is 11.0 Å². The minimum absolute atomic E-state index is 0.474. The fourth-order valence-electron chi connectivity index (χ4n) is 2.33. The van der Waals surface area contributed by atoms with E-state index >= 15 is 0 Å². The van der Waals surface area contributed by atoms with Gasteiger partial charge in [-0.25, -0.2) is 0 Å². The minimum atomic E-state index is 0.474. The number of rotatable bonds is 3. The predicted octanol–water partition coefficient (Wildman–Crippen LogP) is 2.13. The fourth-order valence-corrected chi connectivity index (χ4v) is 2.57. The second-order valence-electron chi connectivity index (χ2n) is 4.42. The Balaban J connectivity index is 2.11. The topological polar surface area (TPSA) is 53.0 Å². The van der Waals surface area contributed by atoms with Crippen LogP contribution < -0.4 is 5.73 Å². The molecule has 1 atom stereocenters. The molecule has 3 nitrogen and oxygen atoms in total. The molecule has 0 saturated carbocycles. The number of nitriles is 1. The first-order valence-corrected chi connectivity index (χ1v) is 6.25. The van der Waals surface area contributed by atoms with Crippen molar-refractivity contribution in [2.75, 3.05) is 13.1 Å². The lowest BCUT2D eigenvalue weighted by atomic mass is 10.1. The van der Waals surface area contributed by atoms with Gasteiger partial charge in [-0.3, -0.25) is 4.90 Å². The summed E-state index contributed by atoms with van der Waals surface area (Å²) < 4.78 is 0. The summed E-state index contributed by atoms with van der Waals surface area (Å²) in [4.78, 5) is 2.37. The van der Waals surface area contributed by atoms with Gasteiger partial charge in [-0.1, -0.05) is 17.7 Å². The van der Waals surface area contributed by atoms with E-state index in [0.29, 0.717) is 23.2 Å². The van der Waals surface area contributed by atoms with Crippen LogP contribution in [-0.4, -0.2) is 24.0 Å². The van der Waals surface area contributed by atoms with Gasteiger partial charge in [0.25, 0.3) is 0 Å². The molecule has 0 radical (unpaired) electrons. The van der Waals surface area contributed by atoms with E-state index < -0.39 is 0 Å². The molecule has 90 valence electrons. The predicted molar refractivity (Wildman–Crippen MR) is 68.7 cm³/mol. The van der Waals surface area contributed by atoms with Gasteiger partial charge in [-0.2, -0.15) is 5.26 Å². The Morgan fingerprint density at radius 3 is 3.00 bits per heavy atom. The van der Waals surface area contributed by atoms with Crippen molar-refractivity contribution in [3.63, 3.8) is 0 Å². The van der Waals surface area contributed by atoms with Crippen molar-refractivity contribution in [3.8, 4) is 6.07 Å². The van der Waals surface area contributed by atoms with Gasteiger partial charge in [0.05, 0.1) is 11.6 Å². The number of nitrogens with two attached hydrogens (primary N) is 1. The first-order chi connectivity index (χ1) is 8.24. The molecule has 0 bridgehead atoms. The second kappa shape index (κ2) is 5.50. The molecule has 1 aliphatic rings. The molecule has 1 aromatic carbocycles. The lowest BCUT2D eigenvalue weighted by Gasteiger charge is -2.23. The third-order valence-electron chi connectivity index (χ3n) is 3.33. The molecule has 1 unspecified atom stereocenters. The van der Waals surface area contributed by atoms with Gasteiger partial charge in [0.1, 0.15) is 0 Å². The van der Waals surface area contributed by atoms with E-state index in [1.165, 1.54) is 12.8 Å². The van der Waals surface area contributed by atoms with Crippen LogP contribution in [0, 0.1) is 11.3 Å². The third kappa shape index (κ3) is 2.78. The zero-order valence-electron chi connectivity index (χ0n) is 9.69. The monoisotopic (exact) mass is 249 g/mol. The van der Waals surface area contributed by atoms with Crippen LogP contribution in [0.3, 0.4) is 0 Å². The van der Waals surface area contributed by atoms with Crippen molar-refractivity contribution in [3.05, 3.63) is 34.3 Å². The smallest absolute Gasteiger partial charge is 0.0992 e. The molecule has 0 aromatic heterocycles. The van der Waals surface area contributed by atoms with Crippen molar-refractivity contribution < 1.29 is 0 Å². The number of hydrogen-bond donors (Lipinski definition) is 1. The Hall–Kier alpha value is -1.08. The van der Waals surface area contributed by atoms with Gasteiger partial charge in [-0.05, 0) is 37.1 Å². The Morgan fingerprint density at radius 1 is 1.53 bits per heavy atom. The van der Waals surface area contributed by atoms with Crippen LogP contribution in [0.15, 0.2) is 18.2 Å². The lowest BCUT2D eigenvalue weighted by molar-refractivity contribution is 0.250. The molecule has 1 fully saturated rings. The number of nitrogens with zero attached hydrogens (tertiary/aromatic N) is 2. The molecule has 1 aromatic rings. The second-order valence-corrected chi connectivity index (χ2v) is 4.83. The quantitative estimate of drug-likeness (QED) is 0.893. The molecule has 17 heavy (non-hydrogen) atoms. The number of halogens is 1. The highest BCUT2D eigenvalue weighted by Gasteiger charge is 2.23. The molecule has 2 rings (SSSR count). The van der Waals surface area contributed by atoms with E-state index in [4.69, 9.17) is 22.6 Å². The molecular formula is C13H16ClN3. The third-order valence-corrected chi connectivity index (χ3v) is 3.68. The average Bonchev–Trinajstić information content (AvgIpc) is 2.79. The van der Waals surface area contributed by atoms with Crippen LogP contribution in [0.25, 0.3) is 0 Å². The molecule has 0 spiro atoms. The summed E-state index contributed by atoms with van der Waals surface area (Å²) in [6.07, 6.45) is 2.38. The number of hydrogen-bond acceptors (Lipinski definition) is 3. The molecular weight excluding hydrogens is 234 g/mol. The van der Waals surface area contributed by atoms with Gasteiger partial charge < -0.3 is 5.73 Å². The summed E-state index contributed by atoms with van der Waals surface area (Å²) in [5.41, 5.74) is 7.43. The highest BCUT2D eigenvalue weighted by molar-refractivity contribution is 6.31. The van der Waals surface area contributed by atoms with Crippen LogP contribution in [0.2, 0.25) is 5.02 Å². The molecule has 1 saturated heterocycles.